The van der Waals surface area contributed by atoms with Crippen LogP contribution in [0, 0.1) is 6.92 Å². The molecule has 1 amide bonds. The van der Waals surface area contributed by atoms with E-state index < -0.39 is 0 Å². The zero-order valence-electron chi connectivity index (χ0n) is 19.1. The minimum absolute atomic E-state index is 0.0243. The van der Waals surface area contributed by atoms with Crippen LogP contribution in [0.5, 0.6) is 0 Å². The molecule has 2 aromatic heterocycles. The molecule has 4 rings (SSSR count). The zero-order valence-corrected chi connectivity index (χ0v) is 19.1. The van der Waals surface area contributed by atoms with Crippen LogP contribution in [0.1, 0.15) is 54.6 Å². The van der Waals surface area contributed by atoms with Crippen molar-refractivity contribution < 1.29 is 4.79 Å². The summed E-state index contributed by atoms with van der Waals surface area (Å²) in [5.74, 6) is -0.0971. The molecule has 0 bridgehead atoms. The van der Waals surface area contributed by atoms with Gasteiger partial charge >= 0.3 is 0 Å². The van der Waals surface area contributed by atoms with Gasteiger partial charge in [0.2, 0.25) is 0 Å². The Balaban J connectivity index is 1.40. The standard InChI is InChI=1S/C25H32N6O/c1-4-7-25(30-17-29-24(32)21-12-18(2)14-26-15-21)8-11-31(19(25)3)16-20-5-6-22-23(13-20)28-10-9-27-22/h5-6,9-10,12-15,19,30H,4,7-8,11,16-17H2,1-3H3,(H,29,32). The number of amides is 1. The third-order valence-electron chi connectivity index (χ3n) is 6.63. The van der Waals surface area contributed by atoms with Gasteiger partial charge in [-0.05, 0) is 56.0 Å². The van der Waals surface area contributed by atoms with Crippen LogP contribution in [0.25, 0.3) is 11.0 Å². The fourth-order valence-corrected chi connectivity index (χ4v) is 4.84. The average Bonchev–Trinajstić information content (AvgIpc) is 3.09. The lowest BCUT2D eigenvalue weighted by atomic mass is 9.86. The highest BCUT2D eigenvalue weighted by Crippen LogP contribution is 2.33. The predicted molar refractivity (Wildman–Crippen MR) is 126 cm³/mol. The monoisotopic (exact) mass is 432 g/mol. The van der Waals surface area contributed by atoms with Gasteiger partial charge in [0.15, 0.2) is 0 Å². The van der Waals surface area contributed by atoms with E-state index in [9.17, 15) is 4.79 Å². The van der Waals surface area contributed by atoms with Crippen LogP contribution in [0.4, 0.5) is 0 Å². The summed E-state index contributed by atoms with van der Waals surface area (Å²) >= 11 is 0. The lowest BCUT2D eigenvalue weighted by molar-refractivity contribution is 0.0939. The molecule has 168 valence electrons. The number of pyridine rings is 1. The predicted octanol–water partition coefficient (Wildman–Crippen LogP) is 3.44. The summed E-state index contributed by atoms with van der Waals surface area (Å²) in [4.78, 5) is 28.0. The average molecular weight is 433 g/mol. The summed E-state index contributed by atoms with van der Waals surface area (Å²) in [6, 6.07) is 8.53. The molecule has 2 N–H and O–H groups in total. The molecule has 1 saturated heterocycles. The van der Waals surface area contributed by atoms with E-state index >= 15 is 0 Å². The Morgan fingerprint density at radius 2 is 2.00 bits per heavy atom. The van der Waals surface area contributed by atoms with Gasteiger partial charge in [0.1, 0.15) is 0 Å². The number of hydrogen-bond acceptors (Lipinski definition) is 6. The molecule has 0 aliphatic carbocycles. The second-order valence-electron chi connectivity index (χ2n) is 8.79. The Morgan fingerprint density at radius 3 is 2.78 bits per heavy atom. The molecule has 1 aliphatic heterocycles. The highest BCUT2D eigenvalue weighted by molar-refractivity contribution is 5.93. The molecule has 1 fully saturated rings. The van der Waals surface area contributed by atoms with Crippen molar-refractivity contribution in [3.05, 3.63) is 65.7 Å². The van der Waals surface area contributed by atoms with Gasteiger partial charge in [0, 0.05) is 49.5 Å². The number of benzene rings is 1. The van der Waals surface area contributed by atoms with Crippen LogP contribution in [-0.2, 0) is 6.54 Å². The molecule has 32 heavy (non-hydrogen) atoms. The Kier molecular flexibility index (Phi) is 6.77. The second-order valence-corrected chi connectivity index (χ2v) is 8.79. The first-order valence-corrected chi connectivity index (χ1v) is 11.4. The van der Waals surface area contributed by atoms with Gasteiger partial charge in [-0.3, -0.25) is 30.0 Å². The normalized spacial score (nSPS) is 21.2. The van der Waals surface area contributed by atoms with E-state index in [0.717, 1.165) is 48.9 Å². The molecule has 0 saturated carbocycles. The number of likely N-dealkylation sites (tertiary alicyclic amines) is 1. The number of aromatic nitrogens is 3. The van der Waals surface area contributed by atoms with Crippen LogP contribution >= 0.6 is 0 Å². The smallest absolute Gasteiger partial charge is 0.253 e. The van der Waals surface area contributed by atoms with Crippen LogP contribution in [-0.4, -0.2) is 50.6 Å². The summed E-state index contributed by atoms with van der Waals surface area (Å²) in [6.07, 6.45) is 10.0. The van der Waals surface area contributed by atoms with Crippen molar-refractivity contribution in [1.82, 2.24) is 30.5 Å². The van der Waals surface area contributed by atoms with E-state index in [1.165, 1.54) is 5.56 Å². The fourth-order valence-electron chi connectivity index (χ4n) is 4.84. The van der Waals surface area contributed by atoms with Gasteiger partial charge in [-0.2, -0.15) is 0 Å². The van der Waals surface area contributed by atoms with E-state index in [1.807, 2.05) is 19.1 Å². The molecule has 0 radical (unpaired) electrons. The molecule has 1 aliphatic rings. The largest absolute Gasteiger partial charge is 0.339 e. The van der Waals surface area contributed by atoms with Crippen LogP contribution in [0.3, 0.4) is 0 Å². The van der Waals surface area contributed by atoms with Gasteiger partial charge < -0.3 is 5.32 Å². The SMILES string of the molecule is CCCC1(NCNC(=O)c2cncc(C)c2)CCN(Cc2ccc3nccnc3c2)C1C. The van der Waals surface area contributed by atoms with E-state index in [4.69, 9.17) is 0 Å². The molecule has 1 aromatic carbocycles. The highest BCUT2D eigenvalue weighted by Gasteiger charge is 2.43. The molecule has 2 unspecified atom stereocenters. The minimum Gasteiger partial charge on any atom is -0.339 e. The van der Waals surface area contributed by atoms with Gasteiger partial charge in [-0.1, -0.05) is 19.4 Å². The van der Waals surface area contributed by atoms with Crippen molar-refractivity contribution in [2.75, 3.05) is 13.2 Å². The van der Waals surface area contributed by atoms with Crippen LogP contribution in [0.2, 0.25) is 0 Å². The number of carbonyl (C=O) groups is 1. The van der Waals surface area contributed by atoms with Gasteiger partial charge in [-0.15, -0.1) is 0 Å². The minimum atomic E-state index is -0.0971. The molecular weight excluding hydrogens is 400 g/mol. The molecule has 3 heterocycles. The number of fused-ring (bicyclic) bond motifs is 1. The Labute approximate surface area is 189 Å². The van der Waals surface area contributed by atoms with Crippen molar-refractivity contribution in [3.8, 4) is 0 Å². The van der Waals surface area contributed by atoms with Crippen molar-refractivity contribution in [3.63, 3.8) is 0 Å². The third kappa shape index (κ3) is 4.79. The van der Waals surface area contributed by atoms with Crippen molar-refractivity contribution in [1.29, 1.82) is 0 Å². The molecule has 2 atom stereocenters. The molecule has 3 aromatic rings. The highest BCUT2D eigenvalue weighted by atomic mass is 16.1. The first-order valence-electron chi connectivity index (χ1n) is 11.4. The fraction of sp³-hybridized carbons (Fsp3) is 0.440. The van der Waals surface area contributed by atoms with Crippen molar-refractivity contribution in [2.24, 2.45) is 0 Å². The Bertz CT molecular complexity index is 1090. The number of carbonyl (C=O) groups excluding carboxylic acids is 1. The van der Waals surface area contributed by atoms with Crippen molar-refractivity contribution >= 4 is 16.9 Å². The van der Waals surface area contributed by atoms with Gasteiger partial charge in [-0.25, -0.2) is 0 Å². The second kappa shape index (κ2) is 9.71. The Hall–Kier alpha value is -2.90. The first kappa shape index (κ1) is 22.3. The maximum atomic E-state index is 12.5. The van der Waals surface area contributed by atoms with E-state index in [-0.39, 0.29) is 11.4 Å². The van der Waals surface area contributed by atoms with Gasteiger partial charge in [0.25, 0.3) is 5.91 Å². The number of nitrogens with one attached hydrogen (secondary N) is 2. The summed E-state index contributed by atoms with van der Waals surface area (Å²) < 4.78 is 0. The molecule has 7 nitrogen and oxygen atoms in total. The maximum Gasteiger partial charge on any atom is 0.253 e. The van der Waals surface area contributed by atoms with E-state index in [1.54, 1.807) is 24.8 Å². The topological polar surface area (TPSA) is 83.0 Å². The number of nitrogens with zero attached hydrogens (tertiary/aromatic N) is 4. The first-order chi connectivity index (χ1) is 15.5. The quantitative estimate of drug-likeness (QED) is 0.531. The third-order valence-corrected chi connectivity index (χ3v) is 6.63. The summed E-state index contributed by atoms with van der Waals surface area (Å²) in [5.41, 5.74) is 4.65. The lowest BCUT2D eigenvalue weighted by Crippen LogP contribution is -2.56. The van der Waals surface area contributed by atoms with Crippen LogP contribution in [0.15, 0.2) is 49.1 Å². The summed E-state index contributed by atoms with van der Waals surface area (Å²) in [6.45, 7) is 8.79. The molecule has 7 heteroatoms. The Morgan fingerprint density at radius 1 is 1.19 bits per heavy atom. The number of rotatable bonds is 8. The molecule has 0 spiro atoms. The summed E-state index contributed by atoms with van der Waals surface area (Å²) in [5, 5.41) is 6.71. The maximum absolute atomic E-state index is 12.5. The van der Waals surface area contributed by atoms with E-state index in [2.05, 4.69) is 56.5 Å². The van der Waals surface area contributed by atoms with Crippen LogP contribution < -0.4 is 10.6 Å². The van der Waals surface area contributed by atoms with Gasteiger partial charge in [0.05, 0.1) is 23.3 Å². The van der Waals surface area contributed by atoms with E-state index in [0.29, 0.717) is 18.3 Å². The lowest BCUT2D eigenvalue weighted by Gasteiger charge is -2.37. The number of aryl methyl sites for hydroxylation is 1. The zero-order chi connectivity index (χ0) is 22.6. The van der Waals surface area contributed by atoms with Crippen molar-refractivity contribution in [2.45, 2.75) is 58.2 Å². The number of hydrogen-bond donors (Lipinski definition) is 2. The summed E-state index contributed by atoms with van der Waals surface area (Å²) in [7, 11) is 0. The molecular formula is C25H32N6O.